The van der Waals surface area contributed by atoms with Crippen molar-refractivity contribution in [2.24, 2.45) is 5.92 Å². The van der Waals surface area contributed by atoms with E-state index in [0.717, 1.165) is 6.26 Å². The fourth-order valence-electron chi connectivity index (χ4n) is 1.16. The van der Waals surface area contributed by atoms with Crippen molar-refractivity contribution in [3.05, 3.63) is 0 Å². The molecule has 1 aliphatic heterocycles. The molecule has 0 aliphatic carbocycles. The highest BCUT2D eigenvalue weighted by molar-refractivity contribution is 7.91. The fourth-order valence-corrected chi connectivity index (χ4v) is 3.66. The van der Waals surface area contributed by atoms with E-state index in [0.29, 0.717) is 11.5 Å². The Balaban J connectivity index is 2.55. The minimum absolute atomic E-state index is 0.0700. The van der Waals surface area contributed by atoms with Gasteiger partial charge in [-0.2, -0.15) is 8.42 Å². The minimum atomic E-state index is -3.40. The summed E-state index contributed by atoms with van der Waals surface area (Å²) in [6.07, 6.45) is 0.627. The summed E-state index contributed by atoms with van der Waals surface area (Å²) in [6, 6.07) is 0. The summed E-state index contributed by atoms with van der Waals surface area (Å²) >= 11 is -0.907. The third-order valence-electron chi connectivity index (χ3n) is 1.73. The van der Waals surface area contributed by atoms with E-state index in [1.165, 1.54) is 0 Å². The molecule has 1 aliphatic rings. The van der Waals surface area contributed by atoms with Crippen LogP contribution in [0.1, 0.15) is 6.92 Å². The average Bonchev–Trinajstić information content (AvgIpc) is 2.06. The predicted octanol–water partition coefficient (Wildman–Crippen LogP) is -0.270. The van der Waals surface area contributed by atoms with Crippen molar-refractivity contribution < 1.29 is 17.2 Å². The van der Waals surface area contributed by atoms with Crippen molar-refractivity contribution in [2.75, 3.05) is 17.8 Å². The highest BCUT2D eigenvalue weighted by Crippen LogP contribution is 2.22. The van der Waals surface area contributed by atoms with Gasteiger partial charge in [0.05, 0.1) is 6.26 Å². The first kappa shape index (κ1) is 10.3. The van der Waals surface area contributed by atoms with Crippen LogP contribution in [0.5, 0.6) is 0 Å². The first-order valence-corrected chi connectivity index (χ1v) is 6.92. The van der Waals surface area contributed by atoms with Gasteiger partial charge in [-0.15, -0.1) is 0 Å². The van der Waals surface area contributed by atoms with Gasteiger partial charge in [0.2, 0.25) is 0 Å². The maximum atomic E-state index is 11.0. The van der Waals surface area contributed by atoms with Gasteiger partial charge in [-0.1, -0.05) is 18.1 Å². The van der Waals surface area contributed by atoms with Crippen molar-refractivity contribution in [3.8, 4) is 0 Å². The Morgan fingerprint density at radius 3 is 2.42 bits per heavy atom. The molecule has 1 saturated heterocycles. The molecule has 4 nitrogen and oxygen atoms in total. The topological polar surface area (TPSA) is 66.4 Å². The molecule has 0 saturated carbocycles. The number of hydrogen-bond acceptors (Lipinski definition) is 4. The van der Waals surface area contributed by atoms with E-state index in [-0.39, 0.29) is 12.0 Å². The molecule has 0 radical (unpaired) electrons. The zero-order valence-corrected chi connectivity index (χ0v) is 8.65. The molecule has 12 heavy (non-hydrogen) atoms. The third kappa shape index (κ3) is 2.93. The molecule has 0 aromatic heterocycles. The van der Waals surface area contributed by atoms with Crippen LogP contribution in [-0.2, 0) is 25.5 Å². The highest BCUT2D eigenvalue weighted by Gasteiger charge is 2.36. The summed E-state index contributed by atoms with van der Waals surface area (Å²) in [5.41, 5.74) is 0. The van der Waals surface area contributed by atoms with E-state index >= 15 is 0 Å². The lowest BCUT2D eigenvalue weighted by atomic mass is 10.1. The van der Waals surface area contributed by atoms with Crippen LogP contribution in [0, 0.1) is 5.92 Å². The van der Waals surface area contributed by atoms with Crippen LogP contribution >= 0.6 is 0 Å². The number of rotatable bonds is 2. The zero-order chi connectivity index (χ0) is 9.35. The van der Waals surface area contributed by atoms with Crippen molar-refractivity contribution in [1.82, 2.24) is 0 Å². The molecule has 0 bridgehead atoms. The molecule has 1 rings (SSSR count). The Kier molecular flexibility index (Phi) is 3.03. The molecular weight excluding hydrogens is 200 g/mol. The standard InChI is InChI=1S/C6H12O4S2/c1-5-3-11(7)4-6(5)10-12(2,8)9/h5-6H,3-4H2,1-2H3. The van der Waals surface area contributed by atoms with E-state index < -0.39 is 21.3 Å². The largest absolute Gasteiger partial charge is 0.616 e. The van der Waals surface area contributed by atoms with Crippen LogP contribution in [0.3, 0.4) is 0 Å². The SMILES string of the molecule is CC1C[S+]([O-])CC1OS(C)(=O)=O. The lowest BCUT2D eigenvalue weighted by Gasteiger charge is -2.09. The summed E-state index contributed by atoms with van der Waals surface area (Å²) in [5.74, 6) is 0.953. The molecule has 0 aromatic rings. The molecule has 0 amide bonds. The second-order valence-corrected chi connectivity index (χ2v) is 6.24. The summed E-state index contributed by atoms with van der Waals surface area (Å²) in [6.45, 7) is 1.85. The van der Waals surface area contributed by atoms with Gasteiger partial charge in [-0.05, 0) is 0 Å². The van der Waals surface area contributed by atoms with E-state index in [9.17, 15) is 13.0 Å². The molecule has 72 valence electrons. The second kappa shape index (κ2) is 3.53. The molecule has 3 unspecified atom stereocenters. The van der Waals surface area contributed by atoms with E-state index in [2.05, 4.69) is 0 Å². The highest BCUT2D eigenvalue weighted by atomic mass is 32.2. The van der Waals surface area contributed by atoms with Gasteiger partial charge in [0.1, 0.15) is 17.6 Å². The molecule has 6 heteroatoms. The maximum absolute atomic E-state index is 11.0. The first-order chi connectivity index (χ1) is 5.38. The molecule has 3 atom stereocenters. The number of hydrogen-bond donors (Lipinski definition) is 0. The zero-order valence-electron chi connectivity index (χ0n) is 7.02. The summed E-state index contributed by atoms with van der Waals surface area (Å²) in [7, 11) is -3.40. The molecule has 0 aromatic carbocycles. The van der Waals surface area contributed by atoms with Crippen LogP contribution in [0.25, 0.3) is 0 Å². The van der Waals surface area contributed by atoms with Crippen molar-refractivity contribution in [1.29, 1.82) is 0 Å². The van der Waals surface area contributed by atoms with Crippen molar-refractivity contribution >= 4 is 21.3 Å². The van der Waals surface area contributed by atoms with Gasteiger partial charge < -0.3 is 4.55 Å². The lowest BCUT2D eigenvalue weighted by Crippen LogP contribution is -2.23. The fraction of sp³-hybridized carbons (Fsp3) is 1.00. The first-order valence-electron chi connectivity index (χ1n) is 3.62. The van der Waals surface area contributed by atoms with Crippen molar-refractivity contribution in [2.45, 2.75) is 13.0 Å². The maximum Gasteiger partial charge on any atom is 0.264 e. The predicted molar refractivity (Wildman–Crippen MR) is 46.8 cm³/mol. The quantitative estimate of drug-likeness (QED) is 0.467. The molecular formula is C6H12O4S2. The Morgan fingerprint density at radius 1 is 1.50 bits per heavy atom. The summed E-state index contributed by atoms with van der Waals surface area (Å²) in [4.78, 5) is 0. The van der Waals surface area contributed by atoms with Crippen LogP contribution in [0.4, 0.5) is 0 Å². The summed E-state index contributed by atoms with van der Waals surface area (Å²) in [5, 5.41) is 0. The molecule has 1 fully saturated rings. The lowest BCUT2D eigenvalue weighted by molar-refractivity contribution is 0.194. The van der Waals surface area contributed by atoms with E-state index in [4.69, 9.17) is 4.18 Å². The monoisotopic (exact) mass is 212 g/mol. The van der Waals surface area contributed by atoms with Crippen LogP contribution < -0.4 is 0 Å². The normalized spacial score (nSPS) is 37.1. The second-order valence-electron chi connectivity index (χ2n) is 3.09. The van der Waals surface area contributed by atoms with E-state index in [1.807, 2.05) is 6.92 Å². The van der Waals surface area contributed by atoms with Gasteiger partial charge in [0.15, 0.2) is 0 Å². The van der Waals surface area contributed by atoms with Crippen LogP contribution in [-0.4, -0.2) is 36.8 Å². The Labute approximate surface area is 75.6 Å². The van der Waals surface area contributed by atoms with Crippen LogP contribution in [0.2, 0.25) is 0 Å². The Hall–Kier alpha value is 0.220. The van der Waals surface area contributed by atoms with Gasteiger partial charge in [0.25, 0.3) is 10.1 Å². The van der Waals surface area contributed by atoms with Gasteiger partial charge >= 0.3 is 0 Å². The van der Waals surface area contributed by atoms with Crippen molar-refractivity contribution in [3.63, 3.8) is 0 Å². The minimum Gasteiger partial charge on any atom is -0.616 e. The Morgan fingerprint density at radius 2 is 2.08 bits per heavy atom. The molecule has 1 heterocycles. The van der Waals surface area contributed by atoms with Gasteiger partial charge in [0, 0.05) is 5.92 Å². The summed E-state index contributed by atoms with van der Waals surface area (Å²) < 4.78 is 37.2. The van der Waals surface area contributed by atoms with Gasteiger partial charge in [-0.25, -0.2) is 0 Å². The third-order valence-corrected chi connectivity index (χ3v) is 3.93. The van der Waals surface area contributed by atoms with Crippen LogP contribution in [0.15, 0.2) is 0 Å². The molecule has 0 spiro atoms. The smallest absolute Gasteiger partial charge is 0.264 e. The van der Waals surface area contributed by atoms with E-state index in [1.54, 1.807) is 0 Å². The average molecular weight is 212 g/mol. The molecule has 0 N–H and O–H groups in total. The van der Waals surface area contributed by atoms with Gasteiger partial charge in [-0.3, -0.25) is 4.18 Å². The Bertz CT molecular complexity index is 248.